The first-order valence-electron chi connectivity index (χ1n) is 6.23. The summed E-state index contributed by atoms with van der Waals surface area (Å²) in [5.74, 6) is 0. The van der Waals surface area contributed by atoms with Crippen LogP contribution in [0.2, 0.25) is 0 Å². The molecule has 3 rings (SSSR count). The van der Waals surface area contributed by atoms with Crippen LogP contribution in [0.1, 0.15) is 16.1 Å². The lowest BCUT2D eigenvalue weighted by Crippen LogP contribution is -2.04. The van der Waals surface area contributed by atoms with Crippen molar-refractivity contribution in [1.29, 1.82) is 5.26 Å². The number of anilines is 1. The molecule has 106 valence electrons. The van der Waals surface area contributed by atoms with Crippen molar-refractivity contribution in [2.75, 3.05) is 4.72 Å². The molecule has 0 aliphatic carbocycles. The van der Waals surface area contributed by atoms with Crippen LogP contribution in [0.25, 0.3) is 10.9 Å². The third-order valence-corrected chi connectivity index (χ3v) is 5.59. The van der Waals surface area contributed by atoms with Crippen LogP contribution in [0, 0.1) is 25.2 Å². The maximum Gasteiger partial charge on any atom is 0.202 e. The Morgan fingerprint density at radius 1 is 1.43 bits per heavy atom. The average Bonchev–Trinajstić information content (AvgIpc) is 3.03. The molecule has 0 saturated carbocycles. The Labute approximate surface area is 128 Å². The van der Waals surface area contributed by atoms with Gasteiger partial charge in [0.15, 0.2) is 11.0 Å². The van der Waals surface area contributed by atoms with E-state index < -0.39 is 11.0 Å². The maximum absolute atomic E-state index is 12.4. The molecule has 1 aromatic carbocycles. The number of aryl methyl sites for hydroxylation is 2. The zero-order valence-corrected chi connectivity index (χ0v) is 13.1. The highest BCUT2D eigenvalue weighted by Gasteiger charge is 2.13. The molecule has 0 aliphatic rings. The van der Waals surface area contributed by atoms with Gasteiger partial charge in [-0.1, -0.05) is 12.1 Å². The van der Waals surface area contributed by atoms with Crippen LogP contribution in [-0.2, 0) is 11.0 Å². The highest BCUT2D eigenvalue weighted by atomic mass is 32.2. The molecule has 5 nitrogen and oxygen atoms in total. The molecule has 2 N–H and O–H groups in total. The van der Waals surface area contributed by atoms with Crippen LogP contribution in [0.15, 0.2) is 28.7 Å². The van der Waals surface area contributed by atoms with Crippen molar-refractivity contribution in [2.45, 2.75) is 18.2 Å². The Balaban J connectivity index is 1.97. The zero-order chi connectivity index (χ0) is 15.0. The number of aromatic nitrogens is 2. The molecule has 0 spiro atoms. The molecule has 0 bridgehead atoms. The summed E-state index contributed by atoms with van der Waals surface area (Å²) in [6.07, 6.45) is 1.65. The minimum atomic E-state index is -1.42. The molecule has 0 amide bonds. The standard InChI is InChI=1S/C14H12N4OS2/c1-8-9(2)20-14(17-8)21(19)18-12-5-3-4-11-10(6-15)7-16-13(11)12/h3-5,7,16,18H,1-2H3. The quantitative estimate of drug-likeness (QED) is 0.778. The van der Waals surface area contributed by atoms with E-state index in [-0.39, 0.29) is 0 Å². The molecule has 7 heteroatoms. The second kappa shape index (κ2) is 5.31. The van der Waals surface area contributed by atoms with Crippen molar-refractivity contribution < 1.29 is 4.21 Å². The van der Waals surface area contributed by atoms with Gasteiger partial charge in [0.25, 0.3) is 0 Å². The Hall–Kier alpha value is -2.17. The number of hydrogen-bond acceptors (Lipinski definition) is 4. The Bertz CT molecular complexity index is 869. The maximum atomic E-state index is 12.4. The topological polar surface area (TPSA) is 81.6 Å². The number of thiazole rings is 1. The number of nitriles is 1. The van der Waals surface area contributed by atoms with Crippen LogP contribution in [0.5, 0.6) is 0 Å². The molecule has 1 unspecified atom stereocenters. The monoisotopic (exact) mass is 316 g/mol. The average molecular weight is 316 g/mol. The molecule has 1 atom stereocenters. The predicted octanol–water partition coefficient (Wildman–Crippen LogP) is 3.25. The first kappa shape index (κ1) is 13.8. The highest BCUT2D eigenvalue weighted by molar-refractivity contribution is 7.88. The fraction of sp³-hybridized carbons (Fsp3) is 0.143. The Kier molecular flexibility index (Phi) is 3.49. The summed E-state index contributed by atoms with van der Waals surface area (Å²) in [5.41, 5.74) is 2.93. The van der Waals surface area contributed by atoms with Crippen LogP contribution in [0.4, 0.5) is 5.69 Å². The summed E-state index contributed by atoms with van der Waals surface area (Å²) in [6, 6.07) is 7.64. The molecule has 2 heterocycles. The van der Waals surface area contributed by atoms with Crippen molar-refractivity contribution >= 4 is 38.9 Å². The van der Waals surface area contributed by atoms with E-state index in [1.54, 1.807) is 6.20 Å². The third kappa shape index (κ3) is 2.44. The minimum absolute atomic E-state index is 0.550. The van der Waals surface area contributed by atoms with E-state index in [1.165, 1.54) is 11.3 Å². The Morgan fingerprint density at radius 3 is 2.90 bits per heavy atom. The van der Waals surface area contributed by atoms with Gasteiger partial charge in [-0.25, -0.2) is 9.19 Å². The number of nitrogens with zero attached hydrogens (tertiary/aromatic N) is 2. The van der Waals surface area contributed by atoms with Crippen LogP contribution >= 0.6 is 11.3 Å². The normalized spacial score (nSPS) is 12.2. The molecule has 21 heavy (non-hydrogen) atoms. The minimum Gasteiger partial charge on any atom is -0.358 e. The SMILES string of the molecule is Cc1nc(S(=O)Nc2cccc3c(C#N)c[nH]c23)sc1C. The number of hydrogen-bond donors (Lipinski definition) is 2. The number of rotatable bonds is 3. The van der Waals surface area contributed by atoms with E-state index in [0.29, 0.717) is 15.6 Å². The first-order valence-corrected chi connectivity index (χ1v) is 8.19. The van der Waals surface area contributed by atoms with Crippen molar-refractivity contribution in [3.63, 3.8) is 0 Å². The lowest BCUT2D eigenvalue weighted by Gasteiger charge is -2.05. The fourth-order valence-electron chi connectivity index (χ4n) is 2.00. The van der Waals surface area contributed by atoms with Crippen LogP contribution < -0.4 is 4.72 Å². The summed E-state index contributed by atoms with van der Waals surface area (Å²) in [7, 11) is -1.42. The lowest BCUT2D eigenvalue weighted by molar-refractivity contribution is 0.685. The van der Waals surface area contributed by atoms with Gasteiger partial charge >= 0.3 is 0 Å². The highest BCUT2D eigenvalue weighted by Crippen LogP contribution is 2.27. The van der Waals surface area contributed by atoms with E-state index >= 15 is 0 Å². The van der Waals surface area contributed by atoms with Gasteiger partial charge in [-0.15, -0.1) is 11.3 Å². The molecule has 0 aliphatic heterocycles. The van der Waals surface area contributed by atoms with Gasteiger partial charge in [0.2, 0.25) is 4.34 Å². The lowest BCUT2D eigenvalue weighted by atomic mass is 10.2. The molecule has 0 saturated heterocycles. The van der Waals surface area contributed by atoms with Crippen LogP contribution in [0.3, 0.4) is 0 Å². The van der Waals surface area contributed by atoms with Gasteiger partial charge in [-0.05, 0) is 19.9 Å². The van der Waals surface area contributed by atoms with E-state index in [1.807, 2.05) is 32.0 Å². The third-order valence-electron chi connectivity index (χ3n) is 3.21. The number of fused-ring (bicyclic) bond motifs is 1. The van der Waals surface area contributed by atoms with Gasteiger partial charge in [0, 0.05) is 16.5 Å². The summed E-state index contributed by atoms with van der Waals surface area (Å²) in [4.78, 5) is 8.41. The van der Waals surface area contributed by atoms with E-state index in [2.05, 4.69) is 20.8 Å². The second-order valence-electron chi connectivity index (χ2n) is 4.53. The molecular formula is C14H12N4OS2. The Morgan fingerprint density at radius 2 is 2.24 bits per heavy atom. The van der Waals surface area contributed by atoms with Gasteiger partial charge in [0.1, 0.15) is 6.07 Å². The zero-order valence-electron chi connectivity index (χ0n) is 11.4. The number of H-pyrrole nitrogens is 1. The van der Waals surface area contributed by atoms with Gasteiger partial charge in [0.05, 0.1) is 22.5 Å². The van der Waals surface area contributed by atoms with E-state index in [4.69, 9.17) is 5.26 Å². The van der Waals surface area contributed by atoms with Gasteiger partial charge in [-0.2, -0.15) is 5.26 Å². The largest absolute Gasteiger partial charge is 0.358 e. The predicted molar refractivity (Wildman–Crippen MR) is 84.6 cm³/mol. The van der Waals surface area contributed by atoms with Gasteiger partial charge in [-0.3, -0.25) is 4.72 Å². The van der Waals surface area contributed by atoms with Crippen molar-refractivity contribution in [1.82, 2.24) is 9.97 Å². The summed E-state index contributed by atoms with van der Waals surface area (Å²) >= 11 is 1.42. The van der Waals surface area contributed by atoms with Gasteiger partial charge < -0.3 is 4.98 Å². The number of benzene rings is 1. The number of aromatic amines is 1. The molecule has 2 aromatic heterocycles. The summed E-state index contributed by atoms with van der Waals surface area (Å²) < 4.78 is 15.9. The van der Waals surface area contributed by atoms with Crippen molar-refractivity contribution in [3.05, 3.63) is 40.5 Å². The number of para-hydroxylation sites is 1. The van der Waals surface area contributed by atoms with E-state index in [0.717, 1.165) is 21.5 Å². The van der Waals surface area contributed by atoms with Crippen molar-refractivity contribution in [3.8, 4) is 6.07 Å². The molecule has 0 radical (unpaired) electrons. The number of nitrogens with one attached hydrogen (secondary N) is 2. The van der Waals surface area contributed by atoms with E-state index in [9.17, 15) is 4.21 Å². The smallest absolute Gasteiger partial charge is 0.202 e. The first-order chi connectivity index (χ1) is 10.1. The molecule has 3 aromatic rings. The second-order valence-corrected chi connectivity index (χ2v) is 7.12. The molecular weight excluding hydrogens is 304 g/mol. The van der Waals surface area contributed by atoms with Crippen molar-refractivity contribution in [2.24, 2.45) is 0 Å². The fourth-order valence-corrected chi connectivity index (χ4v) is 4.12. The van der Waals surface area contributed by atoms with Crippen LogP contribution in [-0.4, -0.2) is 14.2 Å². The summed E-state index contributed by atoms with van der Waals surface area (Å²) in [6.45, 7) is 3.86. The summed E-state index contributed by atoms with van der Waals surface area (Å²) in [5, 5.41) is 9.86. The molecule has 0 fully saturated rings.